The van der Waals surface area contributed by atoms with Gasteiger partial charge in [0.1, 0.15) is 6.04 Å². The van der Waals surface area contributed by atoms with Gasteiger partial charge in [0.25, 0.3) is 0 Å². The van der Waals surface area contributed by atoms with E-state index in [9.17, 15) is 14.7 Å². The van der Waals surface area contributed by atoms with Gasteiger partial charge in [0.15, 0.2) is 0 Å². The van der Waals surface area contributed by atoms with E-state index < -0.39 is 24.1 Å². The molecule has 1 aliphatic heterocycles. The molecule has 1 fully saturated rings. The molecule has 0 spiro atoms. The van der Waals surface area contributed by atoms with Crippen molar-refractivity contribution in [2.75, 3.05) is 6.54 Å². The SMILES string of the molecule is NC(=O)C1CC(O)CN1C(=O)CC(N)c1ccccc1. The summed E-state index contributed by atoms with van der Waals surface area (Å²) in [7, 11) is 0. The van der Waals surface area contributed by atoms with Gasteiger partial charge in [0.2, 0.25) is 11.8 Å². The van der Waals surface area contributed by atoms with E-state index in [0.29, 0.717) is 0 Å². The lowest BCUT2D eigenvalue weighted by atomic mass is 10.0. The molecule has 1 aliphatic rings. The number of primary amides is 1. The van der Waals surface area contributed by atoms with Gasteiger partial charge < -0.3 is 21.5 Å². The molecule has 1 heterocycles. The highest BCUT2D eigenvalue weighted by molar-refractivity contribution is 5.87. The Labute approximate surface area is 117 Å². The molecule has 3 unspecified atom stereocenters. The molecule has 20 heavy (non-hydrogen) atoms. The predicted molar refractivity (Wildman–Crippen MR) is 73.3 cm³/mol. The Morgan fingerprint density at radius 1 is 1.35 bits per heavy atom. The van der Waals surface area contributed by atoms with Gasteiger partial charge in [-0.15, -0.1) is 0 Å². The summed E-state index contributed by atoms with van der Waals surface area (Å²) in [6, 6.07) is 8.11. The van der Waals surface area contributed by atoms with Crippen molar-refractivity contribution in [2.24, 2.45) is 11.5 Å². The van der Waals surface area contributed by atoms with E-state index in [2.05, 4.69) is 0 Å². The first-order valence-corrected chi connectivity index (χ1v) is 6.56. The van der Waals surface area contributed by atoms with Crippen molar-refractivity contribution in [1.29, 1.82) is 0 Å². The third-order valence-electron chi connectivity index (χ3n) is 3.55. The van der Waals surface area contributed by atoms with Crippen LogP contribution in [0, 0.1) is 0 Å². The second kappa shape index (κ2) is 6.02. The normalized spacial score (nSPS) is 23.6. The summed E-state index contributed by atoms with van der Waals surface area (Å²) in [4.78, 5) is 24.8. The maximum atomic E-state index is 12.2. The first-order chi connectivity index (χ1) is 9.49. The van der Waals surface area contributed by atoms with Crippen LogP contribution in [-0.4, -0.2) is 40.5 Å². The lowest BCUT2D eigenvalue weighted by Gasteiger charge is -2.23. The second-order valence-corrected chi connectivity index (χ2v) is 5.08. The van der Waals surface area contributed by atoms with E-state index in [1.54, 1.807) is 0 Å². The number of aliphatic hydroxyl groups is 1. The maximum absolute atomic E-state index is 12.2. The van der Waals surface area contributed by atoms with E-state index in [-0.39, 0.29) is 25.3 Å². The molecule has 108 valence electrons. The number of β-amino-alcohol motifs (C(OH)–C–C–N with tert-alkyl or cyclic N) is 1. The standard InChI is InChI=1S/C14H19N3O3/c15-11(9-4-2-1-3-5-9)7-13(19)17-8-10(18)6-12(17)14(16)20/h1-5,10-12,18H,6-8,15H2,(H2,16,20). The highest BCUT2D eigenvalue weighted by Gasteiger charge is 2.37. The number of benzene rings is 1. The van der Waals surface area contributed by atoms with Crippen LogP contribution >= 0.6 is 0 Å². The van der Waals surface area contributed by atoms with Gasteiger partial charge in [-0.3, -0.25) is 9.59 Å². The molecular weight excluding hydrogens is 258 g/mol. The maximum Gasteiger partial charge on any atom is 0.240 e. The Balaban J connectivity index is 2.02. The van der Waals surface area contributed by atoms with E-state index in [1.807, 2.05) is 30.3 Å². The third-order valence-corrected chi connectivity index (χ3v) is 3.55. The van der Waals surface area contributed by atoms with Crippen molar-refractivity contribution in [2.45, 2.75) is 31.0 Å². The van der Waals surface area contributed by atoms with Crippen LogP contribution < -0.4 is 11.5 Å². The molecule has 2 rings (SSSR count). The average molecular weight is 277 g/mol. The van der Waals surface area contributed by atoms with Crippen LogP contribution in [0.25, 0.3) is 0 Å². The molecule has 0 aromatic heterocycles. The van der Waals surface area contributed by atoms with E-state index in [0.717, 1.165) is 5.56 Å². The van der Waals surface area contributed by atoms with Gasteiger partial charge in [-0.1, -0.05) is 30.3 Å². The number of nitrogens with two attached hydrogens (primary N) is 2. The Bertz CT molecular complexity index is 492. The molecule has 2 amide bonds. The summed E-state index contributed by atoms with van der Waals surface area (Å²) in [5.74, 6) is -0.857. The van der Waals surface area contributed by atoms with Crippen LogP contribution in [-0.2, 0) is 9.59 Å². The number of aliphatic hydroxyl groups excluding tert-OH is 1. The average Bonchev–Trinajstić information content (AvgIpc) is 2.82. The predicted octanol–water partition coefficient (Wildman–Crippen LogP) is -0.476. The molecule has 5 N–H and O–H groups in total. The molecule has 1 aromatic rings. The Kier molecular flexibility index (Phi) is 4.36. The van der Waals surface area contributed by atoms with Crippen LogP contribution in [0.3, 0.4) is 0 Å². The Hall–Kier alpha value is -1.92. The van der Waals surface area contributed by atoms with Gasteiger partial charge in [-0.05, 0) is 5.56 Å². The van der Waals surface area contributed by atoms with E-state index >= 15 is 0 Å². The lowest BCUT2D eigenvalue weighted by Crippen LogP contribution is -2.44. The van der Waals surface area contributed by atoms with Crippen LogP contribution in [0.5, 0.6) is 0 Å². The van der Waals surface area contributed by atoms with Crippen molar-refractivity contribution < 1.29 is 14.7 Å². The highest BCUT2D eigenvalue weighted by atomic mass is 16.3. The third kappa shape index (κ3) is 3.15. The quantitative estimate of drug-likeness (QED) is 0.690. The number of rotatable bonds is 4. The number of hydrogen-bond acceptors (Lipinski definition) is 4. The van der Waals surface area contributed by atoms with Crippen molar-refractivity contribution in [1.82, 2.24) is 4.90 Å². The first kappa shape index (κ1) is 14.5. The summed E-state index contributed by atoms with van der Waals surface area (Å²) in [6.07, 6.45) is -0.424. The van der Waals surface area contributed by atoms with Gasteiger partial charge in [0, 0.05) is 25.4 Å². The zero-order valence-corrected chi connectivity index (χ0v) is 11.1. The smallest absolute Gasteiger partial charge is 0.240 e. The largest absolute Gasteiger partial charge is 0.391 e. The van der Waals surface area contributed by atoms with Gasteiger partial charge in [0.05, 0.1) is 6.10 Å². The molecule has 0 saturated carbocycles. The molecule has 6 nitrogen and oxygen atoms in total. The molecule has 1 aromatic carbocycles. The topological polar surface area (TPSA) is 110 Å². The second-order valence-electron chi connectivity index (χ2n) is 5.08. The first-order valence-electron chi connectivity index (χ1n) is 6.56. The minimum Gasteiger partial charge on any atom is -0.391 e. The summed E-state index contributed by atoms with van der Waals surface area (Å²) in [6.45, 7) is 0.133. The minimum absolute atomic E-state index is 0.0838. The van der Waals surface area contributed by atoms with Crippen molar-refractivity contribution in [3.8, 4) is 0 Å². The monoisotopic (exact) mass is 277 g/mol. The molecule has 0 bridgehead atoms. The van der Waals surface area contributed by atoms with Crippen LogP contribution in [0.4, 0.5) is 0 Å². The number of likely N-dealkylation sites (tertiary alicyclic amines) is 1. The van der Waals surface area contributed by atoms with Gasteiger partial charge in [-0.2, -0.15) is 0 Å². The fraction of sp³-hybridized carbons (Fsp3) is 0.429. The zero-order valence-electron chi connectivity index (χ0n) is 11.1. The summed E-state index contributed by atoms with van der Waals surface area (Å²) in [5, 5.41) is 9.59. The number of carbonyl (C=O) groups is 2. The lowest BCUT2D eigenvalue weighted by molar-refractivity contribution is -0.137. The van der Waals surface area contributed by atoms with Gasteiger partial charge in [-0.25, -0.2) is 0 Å². The van der Waals surface area contributed by atoms with Crippen LogP contribution in [0.2, 0.25) is 0 Å². The molecule has 1 saturated heterocycles. The van der Waals surface area contributed by atoms with Crippen molar-refractivity contribution in [3.63, 3.8) is 0 Å². The zero-order chi connectivity index (χ0) is 14.7. The fourth-order valence-electron chi connectivity index (χ4n) is 2.48. The van der Waals surface area contributed by atoms with E-state index in [1.165, 1.54) is 4.90 Å². The molecular formula is C14H19N3O3. The fourth-order valence-corrected chi connectivity index (χ4v) is 2.48. The Morgan fingerprint density at radius 2 is 2.00 bits per heavy atom. The Morgan fingerprint density at radius 3 is 2.60 bits per heavy atom. The minimum atomic E-state index is -0.736. The number of carbonyl (C=O) groups excluding carboxylic acids is 2. The van der Waals surface area contributed by atoms with Crippen molar-refractivity contribution >= 4 is 11.8 Å². The van der Waals surface area contributed by atoms with Crippen molar-refractivity contribution in [3.05, 3.63) is 35.9 Å². The highest BCUT2D eigenvalue weighted by Crippen LogP contribution is 2.21. The number of nitrogens with zero attached hydrogens (tertiary/aromatic N) is 1. The summed E-state index contributed by atoms with van der Waals surface area (Å²) in [5.41, 5.74) is 12.1. The summed E-state index contributed by atoms with van der Waals surface area (Å²) >= 11 is 0. The molecule has 0 aliphatic carbocycles. The van der Waals surface area contributed by atoms with E-state index in [4.69, 9.17) is 11.5 Å². The molecule has 3 atom stereocenters. The van der Waals surface area contributed by atoms with Crippen LogP contribution in [0.15, 0.2) is 30.3 Å². The number of amides is 2. The number of hydrogen-bond donors (Lipinski definition) is 3. The molecule has 6 heteroatoms. The van der Waals surface area contributed by atoms with Gasteiger partial charge >= 0.3 is 0 Å². The van der Waals surface area contributed by atoms with Crippen LogP contribution in [0.1, 0.15) is 24.4 Å². The molecule has 0 radical (unpaired) electrons. The summed E-state index contributed by atoms with van der Waals surface area (Å²) < 4.78 is 0.